The molecule has 0 radical (unpaired) electrons. The molecule has 0 spiro atoms. The van der Waals surface area contributed by atoms with Gasteiger partial charge in [-0.2, -0.15) is 0 Å². The molecule has 18 heteroatoms. The molecular weight excluding hydrogens is 929 g/mol. The summed E-state index contributed by atoms with van der Waals surface area (Å²) in [4.78, 5) is 79.1. The lowest BCUT2D eigenvalue weighted by molar-refractivity contribution is -0.146. The van der Waals surface area contributed by atoms with Crippen LogP contribution < -0.4 is 20.3 Å². The number of rotatable bonds is 26. The van der Waals surface area contributed by atoms with E-state index in [4.69, 9.17) is 23.7 Å². The standard InChI is InChI=1S/C53H68N6O11S/c1-34-49(71-33-56-34)36-13-11-35(12-14-36)26-55-50(63)46-25-39(61)29-59(46)52(65)45(53(2,3)4)24-40(62)32-70-21-20-69-19-18-68-17-9-10-38(60)28-57(5)30-44-47(66-7)22-37(23-48(44)67-8)43-31-58(6)51(64)42-27-54-16-15-41(42)43/h11-16,22-23,27,31,33,39,45-46,61H,9-10,17-21,24-26,28-30,32H2,1-8H3,(H,55,63)/t39-,45?,46?/m0/s1. The monoisotopic (exact) mass is 996 g/mol. The minimum Gasteiger partial charge on any atom is -0.496 e. The summed E-state index contributed by atoms with van der Waals surface area (Å²) in [5.74, 6) is -0.424. The van der Waals surface area contributed by atoms with E-state index < -0.39 is 23.5 Å². The van der Waals surface area contributed by atoms with Gasteiger partial charge in [0.25, 0.3) is 5.56 Å². The molecule has 1 fully saturated rings. The Balaban J connectivity index is 0.852. The predicted octanol–water partition coefficient (Wildman–Crippen LogP) is 5.78. The maximum atomic E-state index is 14.0. The highest BCUT2D eigenvalue weighted by molar-refractivity contribution is 7.13. The van der Waals surface area contributed by atoms with Gasteiger partial charge in [0.05, 0.1) is 80.3 Å². The topological polar surface area (TPSA) is 201 Å². The van der Waals surface area contributed by atoms with Crippen LogP contribution in [0.15, 0.2) is 71.4 Å². The molecule has 3 aromatic heterocycles. The molecule has 1 aliphatic heterocycles. The van der Waals surface area contributed by atoms with Crippen LogP contribution in [-0.4, -0.2) is 139 Å². The number of likely N-dealkylation sites (tertiary alicyclic amines) is 1. The SMILES string of the molecule is COc1cc(-c2cn(C)c(=O)c3cnccc23)cc(OC)c1CN(C)CC(=O)CCCOCCOCCOCC(=O)CC(C(=O)N1C[C@@H](O)CC1C(=O)NCc1ccc(-c2scnc2C)cc1)C(C)(C)C. The molecule has 17 nitrogen and oxygen atoms in total. The molecule has 6 rings (SSSR count). The summed E-state index contributed by atoms with van der Waals surface area (Å²) in [5.41, 5.74) is 6.42. The Bertz CT molecular complexity index is 2650. The molecule has 5 aromatic rings. The fraction of sp³-hybridized carbons (Fsp3) is 0.491. The molecule has 2 amide bonds. The highest BCUT2D eigenvalue weighted by Gasteiger charge is 2.44. The number of aromatic nitrogens is 3. The van der Waals surface area contributed by atoms with Crippen LogP contribution in [0.5, 0.6) is 11.5 Å². The van der Waals surface area contributed by atoms with Crippen molar-refractivity contribution >= 4 is 45.5 Å². The number of nitrogens with one attached hydrogen (secondary N) is 1. The first-order valence-corrected chi connectivity index (χ1v) is 24.8. The molecule has 382 valence electrons. The lowest BCUT2D eigenvalue weighted by Crippen LogP contribution is -2.50. The molecule has 2 aromatic carbocycles. The number of amides is 2. The van der Waals surface area contributed by atoms with E-state index in [1.807, 2.05) is 87.6 Å². The highest BCUT2D eigenvalue weighted by atomic mass is 32.1. The van der Waals surface area contributed by atoms with Crippen LogP contribution in [-0.2, 0) is 53.5 Å². The minimum absolute atomic E-state index is 0.0116. The smallest absolute Gasteiger partial charge is 0.259 e. The number of likely N-dealkylation sites (N-methyl/N-ethyl adjacent to an activating group) is 1. The number of ketones is 2. The molecule has 4 heterocycles. The van der Waals surface area contributed by atoms with Crippen LogP contribution in [0.25, 0.3) is 32.3 Å². The third-order valence-electron chi connectivity index (χ3n) is 12.6. The van der Waals surface area contributed by atoms with E-state index in [1.165, 1.54) is 9.47 Å². The number of carbonyl (C=O) groups is 4. The zero-order chi connectivity index (χ0) is 51.2. The fourth-order valence-corrected chi connectivity index (χ4v) is 9.57. The Morgan fingerprint density at radius 1 is 0.930 bits per heavy atom. The van der Waals surface area contributed by atoms with Crippen LogP contribution in [0.1, 0.15) is 63.3 Å². The summed E-state index contributed by atoms with van der Waals surface area (Å²) in [6, 6.07) is 12.7. The highest BCUT2D eigenvalue weighted by Crippen LogP contribution is 2.38. The van der Waals surface area contributed by atoms with Crippen LogP contribution in [0.4, 0.5) is 0 Å². The van der Waals surface area contributed by atoms with Crippen molar-refractivity contribution in [1.29, 1.82) is 0 Å². The zero-order valence-corrected chi connectivity index (χ0v) is 43.0. The Morgan fingerprint density at radius 2 is 1.61 bits per heavy atom. The van der Waals surface area contributed by atoms with Gasteiger partial charge in [-0.15, -0.1) is 11.3 Å². The summed E-state index contributed by atoms with van der Waals surface area (Å²) < 4.78 is 30.0. The van der Waals surface area contributed by atoms with Crippen molar-refractivity contribution in [2.75, 3.05) is 74.0 Å². The Kier molecular flexibility index (Phi) is 19.5. The number of Topliss-reactive ketones (excluding diaryl/α,β-unsaturated/α-hetero) is 2. The zero-order valence-electron chi connectivity index (χ0n) is 42.2. The molecule has 3 atom stereocenters. The quantitative estimate of drug-likeness (QED) is 0.0632. The minimum atomic E-state index is -0.857. The molecule has 0 saturated carbocycles. The van der Waals surface area contributed by atoms with Gasteiger partial charge in [-0.1, -0.05) is 45.0 Å². The van der Waals surface area contributed by atoms with E-state index in [-0.39, 0.29) is 81.2 Å². The summed E-state index contributed by atoms with van der Waals surface area (Å²) in [6.07, 6.45) is 5.10. The molecule has 1 aliphatic rings. The van der Waals surface area contributed by atoms with E-state index in [0.29, 0.717) is 56.1 Å². The van der Waals surface area contributed by atoms with E-state index >= 15 is 0 Å². The van der Waals surface area contributed by atoms with Crippen LogP contribution >= 0.6 is 11.3 Å². The Morgan fingerprint density at radius 3 is 2.25 bits per heavy atom. The number of hydrogen-bond acceptors (Lipinski definition) is 15. The first kappa shape index (κ1) is 54.4. The molecule has 71 heavy (non-hydrogen) atoms. The van der Waals surface area contributed by atoms with Crippen molar-refractivity contribution in [1.82, 2.24) is 29.7 Å². The number of aliphatic hydroxyl groups excluding tert-OH is 1. The van der Waals surface area contributed by atoms with Gasteiger partial charge < -0.3 is 43.6 Å². The number of thiazole rings is 1. The second-order valence-electron chi connectivity index (χ2n) is 19.1. The average Bonchev–Trinajstić information content (AvgIpc) is 3.97. The number of carbonyl (C=O) groups excluding carboxylic acids is 4. The molecule has 0 aliphatic carbocycles. The van der Waals surface area contributed by atoms with Crippen LogP contribution in [0.2, 0.25) is 0 Å². The number of aliphatic hydroxyl groups is 1. The van der Waals surface area contributed by atoms with Gasteiger partial charge in [0.15, 0.2) is 5.78 Å². The van der Waals surface area contributed by atoms with Crippen molar-refractivity contribution in [3.63, 3.8) is 0 Å². The maximum absolute atomic E-state index is 14.0. The second-order valence-corrected chi connectivity index (χ2v) is 19.9. The predicted molar refractivity (Wildman–Crippen MR) is 271 cm³/mol. The lowest BCUT2D eigenvalue weighted by Gasteiger charge is -2.34. The summed E-state index contributed by atoms with van der Waals surface area (Å²) >= 11 is 1.57. The third kappa shape index (κ3) is 14.6. The number of fused-ring (bicyclic) bond motifs is 1. The second kappa shape index (κ2) is 25.5. The molecule has 2 N–H and O–H groups in total. The number of nitrogens with zero attached hydrogens (tertiary/aromatic N) is 5. The number of β-amino-alcohol motifs (C(OH)–C–C–N with tert-alkyl or cyclic N) is 1. The van der Waals surface area contributed by atoms with Gasteiger partial charge in [0, 0.05) is 82.6 Å². The first-order valence-electron chi connectivity index (χ1n) is 23.9. The molecule has 0 bridgehead atoms. The summed E-state index contributed by atoms with van der Waals surface area (Å²) in [6.45, 7) is 9.75. The maximum Gasteiger partial charge on any atom is 0.259 e. The van der Waals surface area contributed by atoms with Gasteiger partial charge in [0.2, 0.25) is 11.8 Å². The Labute approximate surface area is 419 Å². The van der Waals surface area contributed by atoms with Gasteiger partial charge in [-0.3, -0.25) is 33.9 Å². The van der Waals surface area contributed by atoms with Gasteiger partial charge in [-0.25, -0.2) is 4.98 Å². The van der Waals surface area contributed by atoms with E-state index in [1.54, 1.807) is 51.2 Å². The van der Waals surface area contributed by atoms with Gasteiger partial charge in [0.1, 0.15) is 29.9 Å². The molecule has 2 unspecified atom stereocenters. The Hall–Kier alpha value is -5.89. The number of aryl methyl sites for hydroxylation is 2. The number of pyridine rings is 2. The lowest BCUT2D eigenvalue weighted by atomic mass is 9.77. The molecule has 1 saturated heterocycles. The number of methoxy groups -OCH3 is 2. The number of ether oxygens (including phenoxy) is 5. The molecular formula is C53H68N6O11S. The summed E-state index contributed by atoms with van der Waals surface area (Å²) in [5, 5.41) is 14.8. The van der Waals surface area contributed by atoms with E-state index in [0.717, 1.165) is 43.8 Å². The van der Waals surface area contributed by atoms with Crippen LogP contribution in [0.3, 0.4) is 0 Å². The van der Waals surface area contributed by atoms with Gasteiger partial charge >= 0.3 is 0 Å². The fourth-order valence-electron chi connectivity index (χ4n) is 8.76. The van der Waals surface area contributed by atoms with E-state index in [2.05, 4.69) is 15.3 Å². The largest absolute Gasteiger partial charge is 0.496 e. The average molecular weight is 997 g/mol. The van der Waals surface area contributed by atoms with Crippen molar-refractivity contribution < 1.29 is 48.0 Å². The first-order chi connectivity index (χ1) is 34.0. The van der Waals surface area contributed by atoms with Gasteiger partial charge in [-0.05, 0) is 66.1 Å². The van der Waals surface area contributed by atoms with Crippen molar-refractivity contribution in [2.24, 2.45) is 18.4 Å². The van der Waals surface area contributed by atoms with Crippen molar-refractivity contribution in [2.45, 2.75) is 78.6 Å². The summed E-state index contributed by atoms with van der Waals surface area (Å²) in [7, 11) is 6.75. The number of benzene rings is 2. The van der Waals surface area contributed by atoms with Crippen molar-refractivity contribution in [3.05, 3.63) is 93.7 Å². The third-order valence-corrected chi connectivity index (χ3v) is 13.6. The van der Waals surface area contributed by atoms with Crippen molar-refractivity contribution in [3.8, 4) is 33.1 Å². The van der Waals surface area contributed by atoms with E-state index in [9.17, 15) is 29.1 Å². The normalized spacial score (nSPS) is 15.3. The van der Waals surface area contributed by atoms with Crippen LogP contribution in [0, 0.1) is 18.3 Å². The number of hydrogen-bond donors (Lipinski definition) is 2.